The van der Waals surface area contributed by atoms with Gasteiger partial charge in [0, 0.05) is 23.4 Å². The molecular formula is C17H13NO3. The molecule has 0 saturated carbocycles. The molecule has 3 N–H and O–H groups in total. The van der Waals surface area contributed by atoms with Gasteiger partial charge in [0.15, 0.2) is 5.43 Å². The zero-order chi connectivity index (χ0) is 14.8. The lowest BCUT2D eigenvalue weighted by molar-refractivity contribution is 0.474. The van der Waals surface area contributed by atoms with E-state index in [1.165, 1.54) is 12.1 Å². The first-order valence-corrected chi connectivity index (χ1v) is 6.43. The Bertz CT molecular complexity index is 894. The molecule has 0 aliphatic rings. The second-order valence-corrected chi connectivity index (χ2v) is 4.66. The van der Waals surface area contributed by atoms with Crippen LogP contribution in [0.2, 0.25) is 0 Å². The molecule has 104 valence electrons. The summed E-state index contributed by atoms with van der Waals surface area (Å²) in [6.07, 6.45) is 3.31. The Labute approximate surface area is 120 Å². The van der Waals surface area contributed by atoms with Gasteiger partial charge in [0.25, 0.3) is 0 Å². The fraction of sp³-hybridized carbons (Fsp3) is 0. The summed E-state index contributed by atoms with van der Waals surface area (Å²) in [5.74, 6) is 0.504. The molecule has 0 unspecified atom stereocenters. The molecule has 3 rings (SSSR count). The van der Waals surface area contributed by atoms with Gasteiger partial charge < -0.3 is 15.3 Å². The third-order valence-corrected chi connectivity index (χ3v) is 3.14. The van der Waals surface area contributed by atoms with E-state index < -0.39 is 0 Å². The average molecular weight is 279 g/mol. The van der Waals surface area contributed by atoms with E-state index in [1.54, 1.807) is 42.5 Å². The molecular weight excluding hydrogens is 266 g/mol. The Balaban J connectivity index is 2.01. The summed E-state index contributed by atoms with van der Waals surface area (Å²) in [4.78, 5) is 12.0. The van der Waals surface area contributed by atoms with Crippen molar-refractivity contribution in [2.45, 2.75) is 0 Å². The topological polar surface area (TPSA) is 76.5 Å². The Hall–Kier alpha value is -3.01. The summed E-state index contributed by atoms with van der Waals surface area (Å²) in [5, 5.41) is 10.3. The fourth-order valence-electron chi connectivity index (χ4n) is 2.08. The first-order chi connectivity index (χ1) is 10.1. The monoisotopic (exact) mass is 279 g/mol. The van der Waals surface area contributed by atoms with Gasteiger partial charge in [-0.25, -0.2) is 0 Å². The molecule has 4 heteroatoms. The van der Waals surface area contributed by atoms with E-state index in [0.29, 0.717) is 28.0 Å². The highest BCUT2D eigenvalue weighted by molar-refractivity contribution is 5.78. The van der Waals surface area contributed by atoms with Crippen molar-refractivity contribution >= 4 is 28.8 Å². The van der Waals surface area contributed by atoms with Crippen molar-refractivity contribution in [2.75, 3.05) is 5.73 Å². The van der Waals surface area contributed by atoms with Gasteiger partial charge in [0.2, 0.25) is 0 Å². The van der Waals surface area contributed by atoms with Crippen molar-refractivity contribution < 1.29 is 9.52 Å². The van der Waals surface area contributed by atoms with Crippen LogP contribution in [0, 0.1) is 0 Å². The number of benzene rings is 2. The van der Waals surface area contributed by atoms with E-state index in [0.717, 1.165) is 0 Å². The van der Waals surface area contributed by atoms with Crippen molar-refractivity contribution in [3.63, 3.8) is 0 Å². The molecule has 0 aliphatic heterocycles. The SMILES string of the molecule is Nc1ccc(C=Cc2cc(=O)c3ccccc3o2)c(O)c1. The predicted molar refractivity (Wildman–Crippen MR) is 83.9 cm³/mol. The Morgan fingerprint density at radius 2 is 1.86 bits per heavy atom. The first-order valence-electron chi connectivity index (χ1n) is 6.43. The largest absolute Gasteiger partial charge is 0.507 e. The number of nitrogens with two attached hydrogens (primary N) is 1. The second-order valence-electron chi connectivity index (χ2n) is 4.66. The summed E-state index contributed by atoms with van der Waals surface area (Å²) in [6.45, 7) is 0. The number of fused-ring (bicyclic) bond motifs is 1. The van der Waals surface area contributed by atoms with E-state index in [4.69, 9.17) is 10.2 Å². The van der Waals surface area contributed by atoms with Gasteiger partial charge in [-0.2, -0.15) is 0 Å². The zero-order valence-corrected chi connectivity index (χ0v) is 11.1. The third kappa shape index (κ3) is 2.65. The quantitative estimate of drug-likeness (QED) is 0.706. The summed E-state index contributed by atoms with van der Waals surface area (Å²) >= 11 is 0. The molecule has 4 nitrogen and oxygen atoms in total. The summed E-state index contributed by atoms with van der Waals surface area (Å²) in [7, 11) is 0. The zero-order valence-electron chi connectivity index (χ0n) is 11.1. The number of nitrogen functional groups attached to an aromatic ring is 1. The number of phenolic OH excluding ortho intramolecular Hbond substituents is 1. The maximum absolute atomic E-state index is 12.0. The Morgan fingerprint density at radius 1 is 1.05 bits per heavy atom. The van der Waals surface area contributed by atoms with Gasteiger partial charge in [-0.3, -0.25) is 4.79 Å². The van der Waals surface area contributed by atoms with Crippen LogP contribution in [0.3, 0.4) is 0 Å². The number of hydrogen-bond donors (Lipinski definition) is 2. The summed E-state index contributed by atoms with van der Waals surface area (Å²) in [5.41, 5.74) is 7.09. The van der Waals surface area contributed by atoms with Gasteiger partial charge in [0.05, 0.1) is 5.39 Å². The molecule has 3 aromatic rings. The minimum atomic E-state index is -0.0990. The highest BCUT2D eigenvalue weighted by atomic mass is 16.3. The number of rotatable bonds is 2. The molecule has 1 heterocycles. The summed E-state index contributed by atoms with van der Waals surface area (Å²) < 4.78 is 5.63. The van der Waals surface area contributed by atoms with Crippen LogP contribution in [-0.4, -0.2) is 5.11 Å². The van der Waals surface area contributed by atoms with Crippen LogP contribution in [0.15, 0.2) is 57.7 Å². The molecule has 2 aromatic carbocycles. The lowest BCUT2D eigenvalue weighted by Gasteiger charge is -2.01. The van der Waals surface area contributed by atoms with E-state index in [2.05, 4.69) is 0 Å². The predicted octanol–water partition coefficient (Wildman–Crippen LogP) is 3.25. The number of phenols is 1. The standard InChI is InChI=1S/C17H13NO3/c18-12-7-5-11(15(19)9-12)6-8-13-10-16(20)14-3-1-2-4-17(14)21-13/h1-10,19H,18H2. The molecule has 0 saturated heterocycles. The number of para-hydroxylation sites is 1. The van der Waals surface area contributed by atoms with Crippen LogP contribution >= 0.6 is 0 Å². The van der Waals surface area contributed by atoms with Crippen LogP contribution in [0.1, 0.15) is 11.3 Å². The number of anilines is 1. The minimum Gasteiger partial charge on any atom is -0.507 e. The van der Waals surface area contributed by atoms with E-state index in [1.807, 2.05) is 6.07 Å². The molecule has 1 aromatic heterocycles. The molecule has 0 radical (unpaired) electrons. The van der Waals surface area contributed by atoms with Crippen LogP contribution in [-0.2, 0) is 0 Å². The highest BCUT2D eigenvalue weighted by Gasteiger charge is 2.02. The lowest BCUT2D eigenvalue weighted by Crippen LogP contribution is -1.99. The minimum absolute atomic E-state index is 0.0781. The van der Waals surface area contributed by atoms with Crippen LogP contribution in [0.4, 0.5) is 5.69 Å². The molecule has 0 spiro atoms. The molecule has 0 aliphatic carbocycles. The average Bonchev–Trinajstić information content (AvgIpc) is 2.46. The second kappa shape index (κ2) is 5.17. The smallest absolute Gasteiger partial charge is 0.193 e. The van der Waals surface area contributed by atoms with E-state index >= 15 is 0 Å². The van der Waals surface area contributed by atoms with Crippen LogP contribution in [0.25, 0.3) is 23.1 Å². The number of aromatic hydroxyl groups is 1. The first kappa shape index (κ1) is 13.0. The van der Waals surface area contributed by atoms with E-state index in [-0.39, 0.29) is 11.2 Å². The van der Waals surface area contributed by atoms with E-state index in [9.17, 15) is 9.90 Å². The maximum atomic E-state index is 12.0. The van der Waals surface area contributed by atoms with Crippen LogP contribution in [0.5, 0.6) is 5.75 Å². The lowest BCUT2D eigenvalue weighted by atomic mass is 10.1. The van der Waals surface area contributed by atoms with Crippen molar-refractivity contribution in [3.8, 4) is 5.75 Å². The van der Waals surface area contributed by atoms with Gasteiger partial charge in [-0.15, -0.1) is 0 Å². The third-order valence-electron chi connectivity index (χ3n) is 3.14. The van der Waals surface area contributed by atoms with Crippen molar-refractivity contribution in [1.82, 2.24) is 0 Å². The molecule has 0 fully saturated rings. The maximum Gasteiger partial charge on any atom is 0.193 e. The van der Waals surface area contributed by atoms with Crippen molar-refractivity contribution in [2.24, 2.45) is 0 Å². The summed E-state index contributed by atoms with van der Waals surface area (Å²) in [6, 6.07) is 13.3. The molecule has 0 amide bonds. The van der Waals surface area contributed by atoms with Gasteiger partial charge in [-0.05, 0) is 36.4 Å². The van der Waals surface area contributed by atoms with Crippen molar-refractivity contribution in [1.29, 1.82) is 0 Å². The van der Waals surface area contributed by atoms with Gasteiger partial charge in [-0.1, -0.05) is 12.1 Å². The molecule has 21 heavy (non-hydrogen) atoms. The fourth-order valence-corrected chi connectivity index (χ4v) is 2.08. The number of hydrogen-bond acceptors (Lipinski definition) is 4. The van der Waals surface area contributed by atoms with Gasteiger partial charge >= 0.3 is 0 Å². The highest BCUT2D eigenvalue weighted by Crippen LogP contribution is 2.22. The van der Waals surface area contributed by atoms with Crippen LogP contribution < -0.4 is 11.2 Å². The molecule has 0 atom stereocenters. The van der Waals surface area contributed by atoms with Gasteiger partial charge in [0.1, 0.15) is 17.1 Å². The Kier molecular flexibility index (Phi) is 3.20. The molecule has 0 bridgehead atoms. The Morgan fingerprint density at radius 3 is 2.67 bits per heavy atom. The normalized spacial score (nSPS) is 11.2. The van der Waals surface area contributed by atoms with Crippen molar-refractivity contribution in [3.05, 3.63) is 70.1 Å².